The van der Waals surface area contributed by atoms with E-state index in [1.807, 2.05) is 10.9 Å². The molecule has 2 heterocycles. The highest BCUT2D eigenvalue weighted by molar-refractivity contribution is 7.99. The molecule has 1 aliphatic heterocycles. The molecule has 0 unspecified atom stereocenters. The van der Waals surface area contributed by atoms with Crippen LogP contribution in [0.4, 0.5) is 0 Å². The van der Waals surface area contributed by atoms with E-state index < -0.39 is 0 Å². The summed E-state index contributed by atoms with van der Waals surface area (Å²) in [5, 5.41) is 1.07. The van der Waals surface area contributed by atoms with E-state index >= 15 is 0 Å². The van der Waals surface area contributed by atoms with Gasteiger partial charge in [-0.2, -0.15) is 0 Å². The molecular formula is C5H7N3S. The van der Waals surface area contributed by atoms with E-state index in [4.69, 9.17) is 0 Å². The van der Waals surface area contributed by atoms with Crippen molar-refractivity contribution in [3.63, 3.8) is 0 Å². The lowest BCUT2D eigenvalue weighted by atomic mass is 10.8. The average Bonchev–Trinajstić information content (AvgIpc) is 2.33. The molecule has 2 rings (SSSR count). The van der Waals surface area contributed by atoms with Gasteiger partial charge in [0, 0.05) is 24.7 Å². The zero-order valence-electron chi connectivity index (χ0n) is 4.87. The number of thioether (sulfide) groups is 1. The molecule has 0 aromatic carbocycles. The fourth-order valence-corrected chi connectivity index (χ4v) is 1.60. The van der Waals surface area contributed by atoms with Crippen LogP contribution >= 0.6 is 11.8 Å². The highest BCUT2D eigenvalue weighted by Crippen LogP contribution is 2.16. The minimum atomic E-state index is 1.04. The quantitative estimate of drug-likeness (QED) is 0.571. The van der Waals surface area contributed by atoms with Crippen LogP contribution < -0.4 is 5.43 Å². The molecule has 0 saturated carbocycles. The van der Waals surface area contributed by atoms with Crippen molar-refractivity contribution in [1.29, 1.82) is 0 Å². The van der Waals surface area contributed by atoms with Gasteiger partial charge in [-0.25, -0.2) is 9.66 Å². The maximum absolute atomic E-state index is 4.12. The number of rotatable bonds is 0. The van der Waals surface area contributed by atoms with Gasteiger partial charge in [-0.3, -0.25) is 0 Å². The van der Waals surface area contributed by atoms with E-state index in [-0.39, 0.29) is 0 Å². The molecule has 1 aliphatic rings. The Morgan fingerprint density at radius 1 is 1.78 bits per heavy atom. The van der Waals surface area contributed by atoms with Crippen LogP contribution in [-0.2, 0) is 0 Å². The summed E-state index contributed by atoms with van der Waals surface area (Å²) in [5.41, 5.74) is 3.18. The summed E-state index contributed by atoms with van der Waals surface area (Å²) in [7, 11) is 0. The van der Waals surface area contributed by atoms with Crippen molar-refractivity contribution in [1.82, 2.24) is 9.66 Å². The van der Waals surface area contributed by atoms with Gasteiger partial charge in [-0.05, 0) is 0 Å². The van der Waals surface area contributed by atoms with Crippen LogP contribution in [-0.4, -0.2) is 22.0 Å². The number of hydrogen-bond donors (Lipinski definition) is 1. The van der Waals surface area contributed by atoms with Crippen molar-refractivity contribution < 1.29 is 0 Å². The molecule has 0 aliphatic carbocycles. The van der Waals surface area contributed by atoms with Crippen LogP contribution in [0.15, 0.2) is 17.6 Å². The van der Waals surface area contributed by atoms with Gasteiger partial charge in [0.2, 0.25) is 0 Å². The van der Waals surface area contributed by atoms with Crippen LogP contribution in [0.1, 0.15) is 0 Å². The molecule has 9 heavy (non-hydrogen) atoms. The molecular weight excluding hydrogens is 134 g/mol. The molecule has 3 nitrogen and oxygen atoms in total. The molecule has 0 bridgehead atoms. The number of fused-ring (bicyclic) bond motifs is 1. The number of nitrogens with one attached hydrogen (secondary N) is 1. The van der Waals surface area contributed by atoms with Crippen molar-refractivity contribution >= 4 is 11.8 Å². The van der Waals surface area contributed by atoms with Gasteiger partial charge < -0.3 is 5.43 Å². The standard InChI is InChI=1S/C5H7N3S/c1-3-8-5(6-1)9-4-2-7-8/h1,3,7H,2,4H2. The Kier molecular flexibility index (Phi) is 1.12. The van der Waals surface area contributed by atoms with Crippen molar-refractivity contribution in [3.05, 3.63) is 12.4 Å². The Bertz CT molecular complexity index is 187. The summed E-state index contributed by atoms with van der Waals surface area (Å²) in [5.74, 6) is 1.12. The number of aromatic nitrogens is 2. The second-order valence-electron chi connectivity index (χ2n) is 1.84. The molecule has 0 amide bonds. The molecule has 0 saturated heterocycles. The first-order chi connectivity index (χ1) is 4.47. The molecule has 1 aromatic heterocycles. The van der Waals surface area contributed by atoms with E-state index in [0.29, 0.717) is 0 Å². The van der Waals surface area contributed by atoms with Crippen LogP contribution in [0.3, 0.4) is 0 Å². The predicted molar refractivity (Wildman–Crippen MR) is 37.2 cm³/mol. The van der Waals surface area contributed by atoms with Crippen molar-refractivity contribution in [3.8, 4) is 0 Å². The topological polar surface area (TPSA) is 29.9 Å². The van der Waals surface area contributed by atoms with Crippen molar-refractivity contribution in [2.24, 2.45) is 0 Å². The zero-order valence-corrected chi connectivity index (χ0v) is 5.69. The van der Waals surface area contributed by atoms with Gasteiger partial charge in [-0.15, -0.1) is 0 Å². The van der Waals surface area contributed by atoms with Crippen molar-refractivity contribution in [2.75, 3.05) is 17.7 Å². The first kappa shape index (κ1) is 5.17. The summed E-state index contributed by atoms with van der Waals surface area (Å²) in [4.78, 5) is 4.12. The molecule has 1 N–H and O–H groups in total. The monoisotopic (exact) mass is 141 g/mol. The summed E-state index contributed by atoms with van der Waals surface area (Å²) < 4.78 is 1.95. The lowest BCUT2D eigenvalue weighted by molar-refractivity contribution is 0.751. The second kappa shape index (κ2) is 1.95. The molecule has 48 valence electrons. The fraction of sp³-hybridized carbons (Fsp3) is 0.400. The molecule has 4 heteroatoms. The van der Waals surface area contributed by atoms with E-state index in [1.165, 1.54) is 0 Å². The Labute approximate surface area is 57.4 Å². The normalized spacial score (nSPS) is 16.4. The molecule has 1 aromatic rings. The maximum atomic E-state index is 4.12. The Balaban J connectivity index is 2.39. The van der Waals surface area contributed by atoms with E-state index in [9.17, 15) is 0 Å². The Morgan fingerprint density at radius 2 is 2.78 bits per heavy atom. The SMILES string of the molecule is c1cn2c(n1)SCCN2. The molecule has 0 atom stereocenters. The summed E-state index contributed by atoms with van der Waals surface area (Å²) in [6.45, 7) is 1.04. The van der Waals surface area contributed by atoms with Gasteiger partial charge in [0.15, 0.2) is 5.16 Å². The summed E-state index contributed by atoms with van der Waals surface area (Å²) >= 11 is 1.78. The van der Waals surface area contributed by atoms with Gasteiger partial charge in [0.1, 0.15) is 0 Å². The van der Waals surface area contributed by atoms with Gasteiger partial charge in [0.25, 0.3) is 0 Å². The van der Waals surface area contributed by atoms with Crippen LogP contribution in [0.5, 0.6) is 0 Å². The smallest absolute Gasteiger partial charge is 0.186 e. The largest absolute Gasteiger partial charge is 0.323 e. The molecule has 0 spiro atoms. The third kappa shape index (κ3) is 0.790. The summed E-state index contributed by atoms with van der Waals surface area (Å²) in [6.07, 6.45) is 3.74. The predicted octanol–water partition coefficient (Wildman–Crippen LogP) is 0.532. The number of imidazole rings is 1. The van der Waals surface area contributed by atoms with E-state index in [2.05, 4.69) is 10.4 Å². The minimum absolute atomic E-state index is 1.04. The first-order valence-corrected chi connectivity index (χ1v) is 3.85. The van der Waals surface area contributed by atoms with Crippen LogP contribution in [0, 0.1) is 0 Å². The second-order valence-corrected chi connectivity index (χ2v) is 2.90. The molecule has 0 fully saturated rings. The highest BCUT2D eigenvalue weighted by atomic mass is 32.2. The average molecular weight is 141 g/mol. The molecule has 0 radical (unpaired) electrons. The van der Waals surface area contributed by atoms with Gasteiger partial charge in [-0.1, -0.05) is 11.8 Å². The summed E-state index contributed by atoms with van der Waals surface area (Å²) in [6, 6.07) is 0. The van der Waals surface area contributed by atoms with Crippen molar-refractivity contribution in [2.45, 2.75) is 5.16 Å². The minimum Gasteiger partial charge on any atom is -0.323 e. The Morgan fingerprint density at radius 3 is 3.67 bits per heavy atom. The van der Waals surface area contributed by atoms with Gasteiger partial charge >= 0.3 is 0 Å². The lowest BCUT2D eigenvalue weighted by Crippen LogP contribution is -2.21. The lowest BCUT2D eigenvalue weighted by Gasteiger charge is -2.14. The number of hydrogen-bond acceptors (Lipinski definition) is 3. The Hall–Kier alpha value is -0.640. The third-order valence-corrected chi connectivity index (χ3v) is 2.19. The maximum Gasteiger partial charge on any atom is 0.186 e. The third-order valence-electron chi connectivity index (χ3n) is 1.22. The van der Waals surface area contributed by atoms with Gasteiger partial charge in [0.05, 0.1) is 0 Å². The number of nitrogens with zero attached hydrogens (tertiary/aromatic N) is 2. The fourth-order valence-electron chi connectivity index (χ4n) is 0.825. The highest BCUT2D eigenvalue weighted by Gasteiger charge is 2.06. The zero-order chi connectivity index (χ0) is 6.10. The van der Waals surface area contributed by atoms with Crippen LogP contribution in [0.2, 0.25) is 0 Å². The van der Waals surface area contributed by atoms with Crippen LogP contribution in [0.25, 0.3) is 0 Å². The first-order valence-electron chi connectivity index (χ1n) is 2.87. The van der Waals surface area contributed by atoms with E-state index in [0.717, 1.165) is 17.5 Å². The van der Waals surface area contributed by atoms with E-state index in [1.54, 1.807) is 18.0 Å².